The molecule has 6 aromatic carbocycles. The van der Waals surface area contributed by atoms with Gasteiger partial charge in [-0.15, -0.1) is 0 Å². The van der Waals surface area contributed by atoms with Gasteiger partial charge in [-0.2, -0.15) is 0 Å². The molecule has 1 aliphatic heterocycles. The first-order valence-corrected chi connectivity index (χ1v) is 19.2. The van der Waals surface area contributed by atoms with E-state index in [-0.39, 0.29) is 5.50 Å². The molecule has 0 aliphatic carbocycles. The predicted molar refractivity (Wildman–Crippen MR) is 201 cm³/mol. The van der Waals surface area contributed by atoms with Crippen LogP contribution in [-0.2, 0) is 0 Å². The molecule has 7 rings (SSSR count). The standard InChI is InChI=1S/C39H31BrClNOP2/c40-28-27-37(41)42-33-23-13-25-35(44(29-15-5-1-6-16-29)30-17-7-2-8-18-30)38(33)43-39-34(42)24-14-26-36(39)45(31-19-9-3-10-20-31)32-21-11-4-12-22-32/h1-26,37H,27-28H2. The fourth-order valence-electron chi connectivity index (χ4n) is 5.88. The summed E-state index contributed by atoms with van der Waals surface area (Å²) < 4.78 is 7.27. The minimum absolute atomic E-state index is 0.268. The van der Waals surface area contributed by atoms with Crippen LogP contribution in [0.5, 0.6) is 11.5 Å². The van der Waals surface area contributed by atoms with Crippen LogP contribution in [0, 0.1) is 0 Å². The fourth-order valence-corrected chi connectivity index (χ4v) is 11.7. The Kier molecular flexibility index (Phi) is 9.33. The molecule has 0 spiro atoms. The average molecular weight is 707 g/mol. The van der Waals surface area contributed by atoms with Gasteiger partial charge >= 0.3 is 0 Å². The summed E-state index contributed by atoms with van der Waals surface area (Å²) in [6, 6.07) is 56.3. The topological polar surface area (TPSA) is 12.5 Å². The first kappa shape index (κ1) is 30.2. The summed E-state index contributed by atoms with van der Waals surface area (Å²) in [6.45, 7) is 0. The van der Waals surface area contributed by atoms with Gasteiger partial charge in [0.2, 0.25) is 0 Å². The molecule has 1 unspecified atom stereocenters. The molecule has 0 amide bonds. The summed E-state index contributed by atoms with van der Waals surface area (Å²) in [5, 5.41) is 8.26. The van der Waals surface area contributed by atoms with Gasteiger partial charge in [0.15, 0.2) is 11.5 Å². The summed E-state index contributed by atoms with van der Waals surface area (Å²) in [5.41, 5.74) is 1.73. The molecule has 1 heterocycles. The highest BCUT2D eigenvalue weighted by Crippen LogP contribution is 2.53. The van der Waals surface area contributed by atoms with Crippen LogP contribution in [0.2, 0.25) is 0 Å². The molecular weight excluding hydrogens is 676 g/mol. The summed E-state index contributed by atoms with van der Waals surface area (Å²) in [5.74, 6) is 1.76. The molecule has 45 heavy (non-hydrogen) atoms. The van der Waals surface area contributed by atoms with Gasteiger partial charge in [-0.25, -0.2) is 0 Å². The van der Waals surface area contributed by atoms with Crippen LogP contribution in [0.1, 0.15) is 6.42 Å². The molecule has 0 saturated carbocycles. The van der Waals surface area contributed by atoms with Crippen molar-refractivity contribution in [2.75, 3.05) is 10.2 Å². The molecule has 222 valence electrons. The van der Waals surface area contributed by atoms with E-state index in [0.717, 1.165) is 34.6 Å². The van der Waals surface area contributed by atoms with Crippen molar-refractivity contribution in [2.45, 2.75) is 11.9 Å². The number of hydrogen-bond donors (Lipinski definition) is 0. The van der Waals surface area contributed by atoms with Crippen LogP contribution in [0.4, 0.5) is 11.4 Å². The van der Waals surface area contributed by atoms with E-state index in [9.17, 15) is 0 Å². The highest BCUT2D eigenvalue weighted by molar-refractivity contribution is 9.09. The van der Waals surface area contributed by atoms with Crippen LogP contribution < -0.4 is 41.5 Å². The molecule has 0 radical (unpaired) electrons. The summed E-state index contributed by atoms with van der Waals surface area (Å²) in [6.07, 6.45) is 0.771. The van der Waals surface area contributed by atoms with Crippen molar-refractivity contribution in [1.29, 1.82) is 0 Å². The monoisotopic (exact) mass is 705 g/mol. The van der Waals surface area contributed by atoms with E-state index in [0.29, 0.717) is 0 Å². The second-order valence-electron chi connectivity index (χ2n) is 10.6. The minimum Gasteiger partial charge on any atom is -0.452 e. The number of fused-ring (bicyclic) bond motifs is 2. The van der Waals surface area contributed by atoms with Crippen LogP contribution in [0.3, 0.4) is 0 Å². The van der Waals surface area contributed by atoms with Gasteiger partial charge in [0, 0.05) is 15.9 Å². The second-order valence-corrected chi connectivity index (χ2v) is 16.3. The molecule has 1 atom stereocenters. The Morgan fingerprint density at radius 1 is 0.511 bits per heavy atom. The van der Waals surface area contributed by atoms with Crippen molar-refractivity contribution in [2.24, 2.45) is 0 Å². The number of halogens is 2. The van der Waals surface area contributed by atoms with E-state index in [2.05, 4.69) is 179 Å². The zero-order valence-corrected chi connectivity index (χ0v) is 28.6. The fraction of sp³-hybridized carbons (Fsp3) is 0.0769. The highest BCUT2D eigenvalue weighted by Gasteiger charge is 2.35. The molecule has 6 heteroatoms. The number of anilines is 2. The Labute approximate surface area is 281 Å². The lowest BCUT2D eigenvalue weighted by molar-refractivity contribution is 0.479. The van der Waals surface area contributed by atoms with Gasteiger partial charge in [-0.1, -0.05) is 161 Å². The highest BCUT2D eigenvalue weighted by atomic mass is 79.9. The van der Waals surface area contributed by atoms with E-state index >= 15 is 0 Å². The van der Waals surface area contributed by atoms with E-state index in [1.807, 2.05) is 0 Å². The number of benzene rings is 6. The van der Waals surface area contributed by atoms with E-state index in [1.165, 1.54) is 31.8 Å². The van der Waals surface area contributed by atoms with Crippen LogP contribution in [0.25, 0.3) is 0 Å². The Morgan fingerprint density at radius 2 is 0.867 bits per heavy atom. The maximum Gasteiger partial charge on any atom is 0.159 e. The number of hydrogen-bond acceptors (Lipinski definition) is 2. The number of ether oxygens (including phenoxy) is 1. The third-order valence-electron chi connectivity index (χ3n) is 7.84. The molecule has 0 saturated heterocycles. The number of alkyl halides is 2. The maximum atomic E-state index is 7.30. The number of para-hydroxylation sites is 2. The smallest absolute Gasteiger partial charge is 0.159 e. The van der Waals surface area contributed by atoms with Gasteiger partial charge < -0.3 is 9.64 Å². The summed E-state index contributed by atoms with van der Waals surface area (Å²) >= 11 is 11.0. The molecule has 1 aliphatic rings. The number of rotatable bonds is 9. The van der Waals surface area contributed by atoms with Crippen molar-refractivity contribution in [3.8, 4) is 11.5 Å². The Bertz CT molecular complexity index is 1660. The van der Waals surface area contributed by atoms with E-state index in [4.69, 9.17) is 16.3 Å². The Balaban J connectivity index is 1.47. The van der Waals surface area contributed by atoms with Crippen molar-refractivity contribution in [3.05, 3.63) is 158 Å². The van der Waals surface area contributed by atoms with Gasteiger partial charge in [-0.05, 0) is 67.7 Å². The first-order valence-electron chi connectivity index (χ1n) is 15.0. The Hall–Kier alpha value is -3.45. The molecule has 0 aromatic heterocycles. The second kappa shape index (κ2) is 13.9. The van der Waals surface area contributed by atoms with Crippen molar-refractivity contribution < 1.29 is 4.74 Å². The Morgan fingerprint density at radius 3 is 1.20 bits per heavy atom. The third-order valence-corrected chi connectivity index (χ3v) is 13.6. The molecule has 0 fully saturated rings. The molecular formula is C39H31BrClNOP2. The van der Waals surface area contributed by atoms with E-state index in [1.54, 1.807) is 0 Å². The summed E-state index contributed by atoms with van der Waals surface area (Å²) in [7, 11) is -1.81. The average Bonchev–Trinajstić information content (AvgIpc) is 3.10. The lowest BCUT2D eigenvalue weighted by atomic mass is 10.1. The lowest BCUT2D eigenvalue weighted by Crippen LogP contribution is -2.34. The zero-order chi connectivity index (χ0) is 30.6. The minimum atomic E-state index is -0.907. The van der Waals surface area contributed by atoms with Crippen LogP contribution in [0.15, 0.2) is 158 Å². The number of nitrogens with zero attached hydrogens (tertiary/aromatic N) is 1. The third kappa shape index (κ3) is 6.08. The van der Waals surface area contributed by atoms with Crippen LogP contribution >= 0.6 is 43.4 Å². The maximum absolute atomic E-state index is 7.30. The zero-order valence-electron chi connectivity index (χ0n) is 24.5. The van der Waals surface area contributed by atoms with Gasteiger partial charge in [0.05, 0.1) is 11.4 Å². The normalized spacial score (nSPS) is 12.8. The molecule has 6 aromatic rings. The van der Waals surface area contributed by atoms with Gasteiger partial charge in [0.1, 0.15) is 5.50 Å². The predicted octanol–water partition coefficient (Wildman–Crippen LogP) is 8.80. The van der Waals surface area contributed by atoms with Gasteiger partial charge in [-0.3, -0.25) is 0 Å². The van der Waals surface area contributed by atoms with E-state index < -0.39 is 15.8 Å². The first-order chi connectivity index (χ1) is 22.2. The SMILES string of the molecule is ClC(CCBr)N1c2cccc(P(c3ccccc3)c3ccccc3)c2Oc2c1cccc2P(c1ccccc1)c1ccccc1. The van der Waals surface area contributed by atoms with Crippen molar-refractivity contribution >= 4 is 86.6 Å². The van der Waals surface area contributed by atoms with Crippen molar-refractivity contribution in [1.82, 2.24) is 0 Å². The largest absolute Gasteiger partial charge is 0.452 e. The van der Waals surface area contributed by atoms with Crippen molar-refractivity contribution in [3.63, 3.8) is 0 Å². The van der Waals surface area contributed by atoms with Gasteiger partial charge in [0.25, 0.3) is 0 Å². The summed E-state index contributed by atoms with van der Waals surface area (Å²) in [4.78, 5) is 2.29. The van der Waals surface area contributed by atoms with Crippen LogP contribution in [-0.4, -0.2) is 10.8 Å². The molecule has 0 N–H and O–H groups in total. The lowest BCUT2D eigenvalue weighted by Gasteiger charge is -2.39. The quantitative estimate of drug-likeness (QED) is 0.0847. The molecule has 2 nitrogen and oxygen atoms in total. The molecule has 0 bridgehead atoms.